The largest absolute Gasteiger partial charge is 0.339 e. The van der Waals surface area contributed by atoms with E-state index in [-0.39, 0.29) is 11.9 Å². The molecule has 2 aromatic heterocycles. The lowest BCUT2D eigenvalue weighted by Crippen LogP contribution is -2.50. The average molecular weight is 356 g/mol. The lowest BCUT2D eigenvalue weighted by Gasteiger charge is -2.41. The number of rotatable bonds is 3. The molecule has 2 aliphatic heterocycles. The van der Waals surface area contributed by atoms with Crippen LogP contribution in [0.3, 0.4) is 0 Å². The van der Waals surface area contributed by atoms with Gasteiger partial charge in [0.2, 0.25) is 0 Å². The van der Waals surface area contributed by atoms with Crippen LogP contribution >= 0.6 is 0 Å². The third kappa shape index (κ3) is 3.10. The molecule has 0 unspecified atom stereocenters. The van der Waals surface area contributed by atoms with Crippen molar-refractivity contribution in [3.63, 3.8) is 0 Å². The first-order chi connectivity index (χ1) is 12.5. The molecular weight excluding hydrogens is 328 g/mol. The van der Waals surface area contributed by atoms with E-state index >= 15 is 0 Å². The third-order valence-electron chi connectivity index (χ3n) is 5.66. The van der Waals surface area contributed by atoms with Gasteiger partial charge in [-0.05, 0) is 45.9 Å². The zero-order valence-electron chi connectivity index (χ0n) is 15.9. The highest BCUT2D eigenvalue weighted by Gasteiger charge is 2.32. The van der Waals surface area contributed by atoms with Crippen LogP contribution in [0.1, 0.15) is 48.9 Å². The van der Waals surface area contributed by atoms with Gasteiger partial charge in [-0.1, -0.05) is 0 Å². The van der Waals surface area contributed by atoms with Crippen molar-refractivity contribution in [3.05, 3.63) is 29.7 Å². The maximum absolute atomic E-state index is 12.8. The fraction of sp³-hybridized carbons (Fsp3) is 0.632. The highest BCUT2D eigenvalue weighted by molar-refractivity contribution is 5.94. The van der Waals surface area contributed by atoms with E-state index in [2.05, 4.69) is 40.9 Å². The van der Waals surface area contributed by atoms with Gasteiger partial charge in [-0.2, -0.15) is 0 Å². The number of carbonyl (C=O) groups is 1. The number of aromatic nitrogens is 3. The number of carbonyl (C=O) groups excluding carboxylic acids is 1. The Balaban J connectivity index is 1.70. The minimum absolute atomic E-state index is 0.116. The summed E-state index contributed by atoms with van der Waals surface area (Å²) in [6.07, 6.45) is 4.13. The van der Waals surface area contributed by atoms with Crippen LogP contribution in [0.25, 0.3) is 5.65 Å². The van der Waals surface area contributed by atoms with Gasteiger partial charge < -0.3 is 9.80 Å². The van der Waals surface area contributed by atoms with Crippen molar-refractivity contribution in [2.45, 2.75) is 38.8 Å². The maximum Gasteiger partial charge on any atom is 0.255 e. The van der Waals surface area contributed by atoms with Crippen LogP contribution in [0, 0.1) is 0 Å². The van der Waals surface area contributed by atoms with Crippen LogP contribution in [0.5, 0.6) is 0 Å². The number of piperazine rings is 1. The van der Waals surface area contributed by atoms with Crippen molar-refractivity contribution >= 4 is 11.6 Å². The van der Waals surface area contributed by atoms with Crippen molar-refractivity contribution in [2.75, 3.05) is 39.8 Å². The predicted molar refractivity (Wildman–Crippen MR) is 100 cm³/mol. The van der Waals surface area contributed by atoms with Gasteiger partial charge in [0.1, 0.15) is 0 Å². The van der Waals surface area contributed by atoms with Gasteiger partial charge in [0.15, 0.2) is 11.5 Å². The highest BCUT2D eigenvalue weighted by Crippen LogP contribution is 2.26. The zero-order valence-corrected chi connectivity index (χ0v) is 15.9. The number of pyridine rings is 1. The Morgan fingerprint density at radius 1 is 1.12 bits per heavy atom. The van der Waals surface area contributed by atoms with E-state index in [4.69, 9.17) is 0 Å². The Kier molecular flexibility index (Phi) is 4.67. The molecule has 0 saturated carbocycles. The summed E-state index contributed by atoms with van der Waals surface area (Å²) in [4.78, 5) is 19.5. The van der Waals surface area contributed by atoms with Gasteiger partial charge in [-0.3, -0.25) is 14.1 Å². The number of hydrogen-bond donors (Lipinski definition) is 0. The summed E-state index contributed by atoms with van der Waals surface area (Å²) in [6.45, 7) is 9.17. The Labute approximate surface area is 154 Å². The van der Waals surface area contributed by atoms with Crippen molar-refractivity contribution in [1.82, 2.24) is 29.3 Å². The van der Waals surface area contributed by atoms with Gasteiger partial charge in [-0.15, -0.1) is 10.2 Å². The molecule has 2 fully saturated rings. The molecule has 1 amide bonds. The van der Waals surface area contributed by atoms with E-state index < -0.39 is 0 Å². The SMILES string of the molecule is CC(C)N1CCN(C)C[C@H]1c1nnc2ccc(C(=O)N3CCCC3)cn12. The molecule has 2 aromatic rings. The summed E-state index contributed by atoms with van der Waals surface area (Å²) in [5.41, 5.74) is 1.52. The topological polar surface area (TPSA) is 57.0 Å². The molecule has 0 N–H and O–H groups in total. The lowest BCUT2D eigenvalue weighted by atomic mass is 10.1. The van der Waals surface area contributed by atoms with Crippen LogP contribution in [-0.4, -0.2) is 81.0 Å². The van der Waals surface area contributed by atoms with Crippen molar-refractivity contribution in [2.24, 2.45) is 0 Å². The first-order valence-corrected chi connectivity index (χ1v) is 9.63. The molecule has 2 aliphatic rings. The van der Waals surface area contributed by atoms with E-state index in [0.717, 1.165) is 62.6 Å². The maximum atomic E-state index is 12.8. The fourth-order valence-corrected chi connectivity index (χ4v) is 4.15. The first kappa shape index (κ1) is 17.4. The van der Waals surface area contributed by atoms with E-state index in [1.165, 1.54) is 0 Å². The van der Waals surface area contributed by atoms with Gasteiger partial charge in [0, 0.05) is 45.0 Å². The molecule has 7 heteroatoms. The molecule has 0 bridgehead atoms. The fourth-order valence-electron chi connectivity index (χ4n) is 4.15. The van der Waals surface area contributed by atoms with Gasteiger partial charge >= 0.3 is 0 Å². The Morgan fingerprint density at radius 2 is 1.88 bits per heavy atom. The van der Waals surface area contributed by atoms with Gasteiger partial charge in [0.25, 0.3) is 5.91 Å². The van der Waals surface area contributed by atoms with Crippen LogP contribution in [0.2, 0.25) is 0 Å². The van der Waals surface area contributed by atoms with E-state index in [1.807, 2.05) is 27.6 Å². The molecule has 0 aliphatic carbocycles. The van der Waals surface area contributed by atoms with Crippen LogP contribution in [0.15, 0.2) is 18.3 Å². The normalized spacial score (nSPS) is 22.6. The number of amides is 1. The molecule has 0 aromatic carbocycles. The summed E-state index contributed by atoms with van der Waals surface area (Å²) in [7, 11) is 2.15. The Hall–Kier alpha value is -1.99. The summed E-state index contributed by atoms with van der Waals surface area (Å²) >= 11 is 0. The summed E-state index contributed by atoms with van der Waals surface area (Å²) in [6, 6.07) is 4.41. The standard InChI is InChI=1S/C19H28N6O/c1-14(2)24-11-10-22(3)13-16(24)18-21-20-17-7-6-15(12-25(17)18)19(26)23-8-4-5-9-23/h6-7,12,14,16H,4-5,8-11,13H2,1-3H3/t16-/m0/s1. The molecule has 2 saturated heterocycles. The molecule has 140 valence electrons. The molecule has 4 heterocycles. The number of hydrogen-bond acceptors (Lipinski definition) is 5. The van der Waals surface area contributed by atoms with Gasteiger partial charge in [-0.25, -0.2) is 0 Å². The minimum Gasteiger partial charge on any atom is -0.339 e. The molecule has 0 spiro atoms. The second-order valence-electron chi connectivity index (χ2n) is 7.81. The van der Waals surface area contributed by atoms with Crippen LogP contribution in [0.4, 0.5) is 0 Å². The number of likely N-dealkylation sites (tertiary alicyclic amines) is 1. The van der Waals surface area contributed by atoms with Gasteiger partial charge in [0.05, 0.1) is 11.6 Å². The summed E-state index contributed by atoms with van der Waals surface area (Å²) < 4.78 is 2.02. The van der Waals surface area contributed by atoms with Crippen molar-refractivity contribution in [1.29, 1.82) is 0 Å². The van der Waals surface area contributed by atoms with Crippen molar-refractivity contribution < 1.29 is 4.79 Å². The van der Waals surface area contributed by atoms with E-state index in [9.17, 15) is 4.79 Å². The Morgan fingerprint density at radius 3 is 2.62 bits per heavy atom. The average Bonchev–Trinajstić information content (AvgIpc) is 3.30. The number of likely N-dealkylation sites (N-methyl/N-ethyl adjacent to an activating group) is 1. The van der Waals surface area contributed by atoms with Crippen LogP contribution in [-0.2, 0) is 0 Å². The molecular formula is C19H28N6O. The molecule has 26 heavy (non-hydrogen) atoms. The second kappa shape index (κ2) is 6.96. The zero-order chi connectivity index (χ0) is 18.3. The van der Waals surface area contributed by atoms with E-state index in [0.29, 0.717) is 6.04 Å². The molecule has 4 rings (SSSR count). The highest BCUT2D eigenvalue weighted by atomic mass is 16.2. The van der Waals surface area contributed by atoms with Crippen LogP contribution < -0.4 is 0 Å². The number of fused-ring (bicyclic) bond motifs is 1. The predicted octanol–water partition coefficient (Wildman–Crippen LogP) is 1.66. The summed E-state index contributed by atoms with van der Waals surface area (Å²) in [5.74, 6) is 1.04. The first-order valence-electron chi connectivity index (χ1n) is 9.63. The minimum atomic E-state index is 0.116. The third-order valence-corrected chi connectivity index (χ3v) is 5.66. The smallest absolute Gasteiger partial charge is 0.255 e. The van der Waals surface area contributed by atoms with E-state index in [1.54, 1.807) is 0 Å². The lowest BCUT2D eigenvalue weighted by molar-refractivity contribution is 0.0586. The molecule has 1 atom stereocenters. The Bertz CT molecular complexity index is 794. The monoisotopic (exact) mass is 356 g/mol. The number of nitrogens with zero attached hydrogens (tertiary/aromatic N) is 6. The van der Waals surface area contributed by atoms with Crippen molar-refractivity contribution in [3.8, 4) is 0 Å². The summed E-state index contributed by atoms with van der Waals surface area (Å²) in [5, 5.41) is 8.86. The second-order valence-corrected chi connectivity index (χ2v) is 7.81. The quantitative estimate of drug-likeness (QED) is 0.837. The molecule has 0 radical (unpaired) electrons. The molecule has 7 nitrogen and oxygen atoms in total.